The first-order chi connectivity index (χ1) is 9.72. The molecule has 1 aliphatic rings. The second kappa shape index (κ2) is 8.41. The minimum atomic E-state index is -0.237. The molecule has 0 fully saturated rings. The van der Waals surface area contributed by atoms with Gasteiger partial charge in [-0.15, -0.1) is 0 Å². The maximum absolute atomic E-state index is 11.4. The van der Waals surface area contributed by atoms with Gasteiger partial charge in [-0.1, -0.05) is 25.5 Å². The fraction of sp³-hybridized carbons (Fsp3) is 0.471. The van der Waals surface area contributed by atoms with Gasteiger partial charge in [0.25, 0.3) is 0 Å². The zero-order chi connectivity index (χ0) is 15.0. The van der Waals surface area contributed by atoms with Gasteiger partial charge in [-0.3, -0.25) is 0 Å². The third-order valence-electron chi connectivity index (χ3n) is 3.15. The number of carbonyl (C=O) groups excluding carboxylic acids is 1. The molecule has 0 radical (unpaired) electrons. The number of ether oxygens (including phenoxy) is 2. The van der Waals surface area contributed by atoms with Crippen molar-refractivity contribution in [1.29, 1.82) is 0 Å². The Hall–Kier alpha value is -1.77. The van der Waals surface area contributed by atoms with Crippen LogP contribution in [-0.4, -0.2) is 19.7 Å². The van der Waals surface area contributed by atoms with E-state index in [0.717, 1.165) is 30.6 Å². The topological polar surface area (TPSA) is 35.5 Å². The van der Waals surface area contributed by atoms with Crippen molar-refractivity contribution in [1.82, 2.24) is 0 Å². The van der Waals surface area contributed by atoms with Gasteiger partial charge >= 0.3 is 5.97 Å². The first kappa shape index (κ1) is 16.3. The second-order valence-electron chi connectivity index (χ2n) is 4.37. The molecule has 0 amide bonds. The van der Waals surface area contributed by atoms with E-state index < -0.39 is 0 Å². The lowest BCUT2D eigenvalue weighted by molar-refractivity contribution is -0.137. The zero-order valence-electron chi connectivity index (χ0n) is 12.9. The molecule has 1 aromatic carbocycles. The maximum atomic E-state index is 11.4. The summed E-state index contributed by atoms with van der Waals surface area (Å²) in [5, 5.41) is 0. The Labute approximate surface area is 121 Å². The predicted octanol–water partition coefficient (Wildman–Crippen LogP) is 3.70. The summed E-state index contributed by atoms with van der Waals surface area (Å²) in [5.74, 6) is 0.630. The van der Waals surface area contributed by atoms with Crippen LogP contribution >= 0.6 is 0 Å². The highest BCUT2D eigenvalue weighted by Gasteiger charge is 2.14. The summed E-state index contributed by atoms with van der Waals surface area (Å²) < 4.78 is 10.2. The standard InChI is InChI=1S/C15H18O3.C2H6/c1-3-18-15(16)9-11-4-5-12-6-7-14(17-2)10-13(12)8-11;1-2/h6-7,9-10H,3-5,8H2,1-2H3;1-2H3/b11-9+;. The van der Waals surface area contributed by atoms with E-state index in [1.807, 2.05) is 32.9 Å². The summed E-state index contributed by atoms with van der Waals surface area (Å²) in [6.07, 6.45) is 4.35. The van der Waals surface area contributed by atoms with E-state index in [1.54, 1.807) is 13.2 Å². The lowest BCUT2D eigenvalue weighted by atomic mass is 9.88. The van der Waals surface area contributed by atoms with Crippen LogP contribution in [0.2, 0.25) is 0 Å². The fourth-order valence-electron chi connectivity index (χ4n) is 2.24. The number of esters is 1. The molecule has 1 aromatic rings. The summed E-state index contributed by atoms with van der Waals surface area (Å²) in [7, 11) is 1.67. The Balaban J connectivity index is 0.000000956. The van der Waals surface area contributed by atoms with Gasteiger partial charge in [0.2, 0.25) is 0 Å². The molecule has 0 bridgehead atoms. The molecule has 0 atom stereocenters. The molecule has 3 heteroatoms. The molecule has 0 aromatic heterocycles. The van der Waals surface area contributed by atoms with Gasteiger partial charge in [-0.2, -0.15) is 0 Å². The number of fused-ring (bicyclic) bond motifs is 1. The molecule has 3 nitrogen and oxygen atoms in total. The van der Waals surface area contributed by atoms with Crippen LogP contribution in [0.5, 0.6) is 5.75 Å². The Morgan fingerprint density at radius 1 is 1.25 bits per heavy atom. The maximum Gasteiger partial charge on any atom is 0.330 e. The normalized spacial score (nSPS) is 14.9. The highest BCUT2D eigenvalue weighted by atomic mass is 16.5. The van der Waals surface area contributed by atoms with Gasteiger partial charge in [0.05, 0.1) is 13.7 Å². The highest BCUT2D eigenvalue weighted by molar-refractivity contribution is 5.83. The Bertz CT molecular complexity index is 475. The molecule has 0 aliphatic heterocycles. The zero-order valence-corrected chi connectivity index (χ0v) is 12.9. The van der Waals surface area contributed by atoms with E-state index in [1.165, 1.54) is 11.1 Å². The van der Waals surface area contributed by atoms with E-state index in [9.17, 15) is 4.79 Å². The minimum absolute atomic E-state index is 0.237. The van der Waals surface area contributed by atoms with Gasteiger partial charge in [-0.05, 0) is 49.4 Å². The van der Waals surface area contributed by atoms with Crippen molar-refractivity contribution in [2.45, 2.75) is 40.0 Å². The smallest absolute Gasteiger partial charge is 0.330 e. The molecule has 0 spiro atoms. The van der Waals surface area contributed by atoms with Crippen molar-refractivity contribution in [3.63, 3.8) is 0 Å². The molecule has 0 unspecified atom stereocenters. The van der Waals surface area contributed by atoms with Crippen LogP contribution in [0.3, 0.4) is 0 Å². The predicted molar refractivity (Wildman–Crippen MR) is 81.1 cm³/mol. The van der Waals surface area contributed by atoms with Gasteiger partial charge < -0.3 is 9.47 Å². The number of allylic oxidation sites excluding steroid dienone is 1. The summed E-state index contributed by atoms with van der Waals surface area (Å²) in [4.78, 5) is 11.4. The van der Waals surface area contributed by atoms with Crippen LogP contribution in [0.15, 0.2) is 29.8 Å². The number of aryl methyl sites for hydroxylation is 1. The third-order valence-corrected chi connectivity index (χ3v) is 3.15. The molecular weight excluding hydrogens is 252 g/mol. The van der Waals surface area contributed by atoms with E-state index in [2.05, 4.69) is 6.07 Å². The third kappa shape index (κ3) is 4.41. The molecule has 0 saturated heterocycles. The Morgan fingerprint density at radius 3 is 2.65 bits per heavy atom. The van der Waals surface area contributed by atoms with Crippen molar-refractivity contribution in [3.05, 3.63) is 41.0 Å². The summed E-state index contributed by atoms with van der Waals surface area (Å²) >= 11 is 0. The lowest BCUT2D eigenvalue weighted by Crippen LogP contribution is -2.09. The first-order valence-electron chi connectivity index (χ1n) is 7.25. The second-order valence-corrected chi connectivity index (χ2v) is 4.37. The molecule has 110 valence electrons. The van der Waals surface area contributed by atoms with E-state index in [-0.39, 0.29) is 5.97 Å². The minimum Gasteiger partial charge on any atom is -0.497 e. The largest absolute Gasteiger partial charge is 0.497 e. The van der Waals surface area contributed by atoms with Gasteiger partial charge in [0.15, 0.2) is 0 Å². The van der Waals surface area contributed by atoms with E-state index in [0.29, 0.717) is 6.61 Å². The quantitative estimate of drug-likeness (QED) is 0.624. The number of benzene rings is 1. The molecule has 0 saturated carbocycles. The SMILES string of the molecule is CC.CCOC(=O)/C=C1\CCc2ccc(OC)cc2C1. The number of hydrogen-bond acceptors (Lipinski definition) is 3. The Morgan fingerprint density at radius 2 is 2.00 bits per heavy atom. The van der Waals surface area contributed by atoms with E-state index >= 15 is 0 Å². The van der Waals surface area contributed by atoms with E-state index in [4.69, 9.17) is 9.47 Å². The van der Waals surface area contributed by atoms with Gasteiger partial charge in [-0.25, -0.2) is 4.79 Å². The molecular formula is C17H24O3. The average molecular weight is 276 g/mol. The first-order valence-corrected chi connectivity index (χ1v) is 7.25. The Kier molecular flexibility index (Phi) is 6.85. The number of rotatable bonds is 3. The van der Waals surface area contributed by atoms with Crippen LogP contribution in [0.25, 0.3) is 0 Å². The fourth-order valence-corrected chi connectivity index (χ4v) is 2.24. The van der Waals surface area contributed by atoms with Crippen LogP contribution in [0, 0.1) is 0 Å². The van der Waals surface area contributed by atoms with Crippen LogP contribution in [0.1, 0.15) is 38.3 Å². The molecule has 1 aliphatic carbocycles. The summed E-state index contributed by atoms with van der Waals surface area (Å²) in [6.45, 7) is 6.24. The van der Waals surface area contributed by atoms with Crippen molar-refractivity contribution in [2.75, 3.05) is 13.7 Å². The number of carbonyl (C=O) groups is 1. The molecule has 20 heavy (non-hydrogen) atoms. The van der Waals surface area contributed by atoms with Crippen LogP contribution in [-0.2, 0) is 22.4 Å². The number of hydrogen-bond donors (Lipinski definition) is 0. The van der Waals surface area contributed by atoms with Crippen LogP contribution in [0.4, 0.5) is 0 Å². The van der Waals surface area contributed by atoms with Crippen molar-refractivity contribution in [2.24, 2.45) is 0 Å². The molecule has 0 heterocycles. The summed E-state index contributed by atoms with van der Waals surface area (Å²) in [5.41, 5.74) is 3.72. The number of methoxy groups -OCH3 is 1. The van der Waals surface area contributed by atoms with Gasteiger partial charge in [0.1, 0.15) is 5.75 Å². The monoisotopic (exact) mass is 276 g/mol. The molecule has 0 N–H and O–H groups in total. The van der Waals surface area contributed by atoms with Crippen LogP contribution < -0.4 is 4.74 Å². The van der Waals surface area contributed by atoms with Crippen molar-refractivity contribution >= 4 is 5.97 Å². The van der Waals surface area contributed by atoms with Gasteiger partial charge in [0, 0.05) is 6.08 Å². The van der Waals surface area contributed by atoms with Crippen molar-refractivity contribution in [3.8, 4) is 5.75 Å². The molecule has 2 rings (SSSR count). The summed E-state index contributed by atoms with van der Waals surface area (Å²) in [6, 6.07) is 6.14. The van der Waals surface area contributed by atoms with Crippen molar-refractivity contribution < 1.29 is 14.3 Å². The average Bonchev–Trinajstić information content (AvgIpc) is 2.48. The lowest BCUT2D eigenvalue weighted by Gasteiger charge is -2.19. The highest BCUT2D eigenvalue weighted by Crippen LogP contribution is 2.28.